The lowest BCUT2D eigenvalue weighted by molar-refractivity contribution is -0.310. The lowest BCUT2D eigenvalue weighted by atomic mass is 9.97. The predicted octanol–water partition coefficient (Wildman–Crippen LogP) is 7.51. The van der Waals surface area contributed by atoms with E-state index in [0.717, 1.165) is 22.3 Å². The van der Waals surface area contributed by atoms with Crippen LogP contribution in [0.5, 0.6) is 5.75 Å². The molecule has 1 aliphatic rings. The van der Waals surface area contributed by atoms with Gasteiger partial charge in [0.2, 0.25) is 6.29 Å². The van der Waals surface area contributed by atoms with Crippen molar-refractivity contribution in [2.45, 2.75) is 57.1 Å². The third-order valence-corrected chi connectivity index (χ3v) is 8.32. The molecule has 0 bridgehead atoms. The molecule has 1 heterocycles. The van der Waals surface area contributed by atoms with E-state index in [1.807, 2.05) is 121 Å². The molecule has 5 atom stereocenters. The minimum absolute atomic E-state index is 0.182. The summed E-state index contributed by atoms with van der Waals surface area (Å²) in [6.45, 7) is 1.43. The largest absolute Gasteiger partial charge is 0.462 e. The van der Waals surface area contributed by atoms with E-state index in [9.17, 15) is 10.5 Å². The van der Waals surface area contributed by atoms with Gasteiger partial charge in [-0.1, -0.05) is 121 Å². The molecule has 0 amide bonds. The van der Waals surface area contributed by atoms with Crippen LogP contribution in [0, 0.1) is 22.7 Å². The Balaban J connectivity index is 1.35. The molecule has 252 valence electrons. The molecule has 5 aromatic carbocycles. The van der Waals surface area contributed by atoms with Crippen LogP contribution in [0.25, 0.3) is 0 Å². The average Bonchev–Trinajstić information content (AvgIpc) is 3.17. The normalized spacial score (nSPS) is 20.0. The standard InChI is InChI=1S/C42H38N2O6/c43-24-35-21-22-37(23-36(35)25-44)49-42-41(48-29-34-19-11-4-12-20-34)40(47-28-33-17-9-3-10-18-33)39(46-27-32-15-7-2-8-16-32)38(50-42)30-45-26-31-13-5-1-6-14-31/h1-23,38-42H,26-30H2/t38-,39-,40+,41-,42?/m1/s1. The first-order valence-electron chi connectivity index (χ1n) is 16.5. The Morgan fingerprint density at radius 3 is 1.46 bits per heavy atom. The van der Waals surface area contributed by atoms with E-state index in [4.69, 9.17) is 28.4 Å². The highest BCUT2D eigenvalue weighted by Crippen LogP contribution is 2.33. The van der Waals surface area contributed by atoms with Crippen molar-refractivity contribution in [3.8, 4) is 17.9 Å². The van der Waals surface area contributed by atoms with Gasteiger partial charge in [0.1, 0.15) is 42.3 Å². The van der Waals surface area contributed by atoms with Crippen LogP contribution >= 0.6 is 0 Å². The highest BCUT2D eigenvalue weighted by atomic mass is 16.7. The summed E-state index contributed by atoms with van der Waals surface area (Å²) in [6.07, 6.45) is -3.67. The molecule has 0 N–H and O–H groups in total. The molecule has 1 aliphatic heterocycles. The van der Waals surface area contributed by atoms with Gasteiger partial charge < -0.3 is 28.4 Å². The topological polar surface area (TPSA) is 103 Å². The maximum absolute atomic E-state index is 9.72. The number of hydrogen-bond donors (Lipinski definition) is 0. The summed E-state index contributed by atoms with van der Waals surface area (Å²) in [4.78, 5) is 0. The second-order valence-corrected chi connectivity index (χ2v) is 11.9. The Kier molecular flexibility index (Phi) is 12.4. The van der Waals surface area contributed by atoms with Crippen molar-refractivity contribution in [1.82, 2.24) is 0 Å². The molecule has 8 heteroatoms. The number of nitriles is 2. The molecule has 8 nitrogen and oxygen atoms in total. The zero-order chi connectivity index (χ0) is 34.4. The van der Waals surface area contributed by atoms with Gasteiger partial charge in [-0.3, -0.25) is 0 Å². The van der Waals surface area contributed by atoms with E-state index in [1.165, 1.54) is 6.07 Å². The Hall–Kier alpha value is -5.32. The lowest BCUT2D eigenvalue weighted by Gasteiger charge is -2.45. The first kappa shape index (κ1) is 34.5. The van der Waals surface area contributed by atoms with Gasteiger partial charge in [-0.25, -0.2) is 0 Å². The van der Waals surface area contributed by atoms with Crippen LogP contribution in [-0.4, -0.2) is 37.3 Å². The molecular formula is C42H38N2O6. The SMILES string of the molecule is N#Cc1ccc(OC2O[C@H](COCc3ccccc3)[C@@H](OCc3ccccc3)[C@H](OCc3ccccc3)[C@H]2OCc2ccccc2)cc1C#N. The quantitative estimate of drug-likeness (QED) is 0.113. The number of ether oxygens (including phenoxy) is 6. The summed E-state index contributed by atoms with van der Waals surface area (Å²) in [5.41, 5.74) is 4.44. The van der Waals surface area contributed by atoms with Gasteiger partial charge >= 0.3 is 0 Å². The zero-order valence-corrected chi connectivity index (χ0v) is 27.5. The maximum Gasteiger partial charge on any atom is 0.229 e. The summed E-state index contributed by atoms with van der Waals surface area (Å²) >= 11 is 0. The zero-order valence-electron chi connectivity index (χ0n) is 27.5. The lowest BCUT2D eigenvalue weighted by Crippen LogP contribution is -2.62. The third kappa shape index (κ3) is 9.43. The molecule has 0 aromatic heterocycles. The van der Waals surface area contributed by atoms with Crippen molar-refractivity contribution >= 4 is 0 Å². The fourth-order valence-electron chi connectivity index (χ4n) is 5.76. The average molecular weight is 667 g/mol. The van der Waals surface area contributed by atoms with Crippen molar-refractivity contribution < 1.29 is 28.4 Å². The molecule has 50 heavy (non-hydrogen) atoms. The second-order valence-electron chi connectivity index (χ2n) is 11.9. The van der Waals surface area contributed by atoms with E-state index >= 15 is 0 Å². The van der Waals surface area contributed by atoms with E-state index in [0.29, 0.717) is 25.6 Å². The molecule has 0 radical (unpaired) electrons. The van der Waals surface area contributed by atoms with Gasteiger partial charge in [-0.05, 0) is 40.5 Å². The Morgan fingerprint density at radius 2 is 0.960 bits per heavy atom. The molecule has 1 unspecified atom stereocenters. The van der Waals surface area contributed by atoms with E-state index in [1.54, 1.807) is 12.1 Å². The van der Waals surface area contributed by atoms with Gasteiger partial charge in [-0.2, -0.15) is 10.5 Å². The second kappa shape index (κ2) is 17.9. The molecule has 1 fully saturated rings. The van der Waals surface area contributed by atoms with Crippen molar-refractivity contribution in [2.24, 2.45) is 0 Å². The van der Waals surface area contributed by atoms with Gasteiger partial charge in [-0.15, -0.1) is 0 Å². The summed E-state index contributed by atoms with van der Waals surface area (Å²) in [5.74, 6) is 0.355. The van der Waals surface area contributed by atoms with Crippen molar-refractivity contribution in [2.75, 3.05) is 6.61 Å². The maximum atomic E-state index is 9.72. The van der Waals surface area contributed by atoms with E-state index < -0.39 is 30.7 Å². The first-order chi connectivity index (χ1) is 24.7. The van der Waals surface area contributed by atoms with Crippen molar-refractivity contribution in [1.29, 1.82) is 10.5 Å². The minimum atomic E-state index is -0.985. The van der Waals surface area contributed by atoms with Crippen LogP contribution in [0.3, 0.4) is 0 Å². The van der Waals surface area contributed by atoms with Gasteiger partial charge in [0.25, 0.3) is 0 Å². The van der Waals surface area contributed by atoms with Crippen LogP contribution in [-0.2, 0) is 50.1 Å². The molecule has 6 rings (SSSR count). The van der Waals surface area contributed by atoms with Crippen LogP contribution in [0.4, 0.5) is 0 Å². The first-order valence-corrected chi connectivity index (χ1v) is 16.5. The predicted molar refractivity (Wildman–Crippen MR) is 186 cm³/mol. The third-order valence-electron chi connectivity index (χ3n) is 8.32. The van der Waals surface area contributed by atoms with Gasteiger partial charge in [0.15, 0.2) is 0 Å². The monoisotopic (exact) mass is 666 g/mol. The van der Waals surface area contributed by atoms with Crippen molar-refractivity contribution in [3.63, 3.8) is 0 Å². The smallest absolute Gasteiger partial charge is 0.229 e. The Labute approximate surface area is 292 Å². The van der Waals surface area contributed by atoms with Gasteiger partial charge in [0.05, 0.1) is 44.2 Å². The Morgan fingerprint density at radius 1 is 0.500 bits per heavy atom. The molecule has 1 saturated heterocycles. The molecule has 5 aromatic rings. The van der Waals surface area contributed by atoms with Crippen LogP contribution in [0.15, 0.2) is 140 Å². The number of hydrogen-bond acceptors (Lipinski definition) is 8. The highest BCUT2D eigenvalue weighted by molar-refractivity contribution is 5.49. The number of benzene rings is 5. The summed E-state index contributed by atoms with van der Waals surface area (Å²) < 4.78 is 39.5. The molecule has 0 aliphatic carbocycles. The van der Waals surface area contributed by atoms with E-state index in [2.05, 4.69) is 12.1 Å². The van der Waals surface area contributed by atoms with Crippen LogP contribution in [0.2, 0.25) is 0 Å². The Bertz CT molecular complexity index is 1840. The minimum Gasteiger partial charge on any atom is -0.462 e. The molecular weight excluding hydrogens is 628 g/mol. The number of rotatable bonds is 15. The van der Waals surface area contributed by atoms with Crippen LogP contribution < -0.4 is 4.74 Å². The summed E-state index contributed by atoms with van der Waals surface area (Å²) in [5, 5.41) is 19.2. The highest BCUT2D eigenvalue weighted by Gasteiger charge is 2.49. The van der Waals surface area contributed by atoms with E-state index in [-0.39, 0.29) is 24.3 Å². The molecule has 0 saturated carbocycles. The van der Waals surface area contributed by atoms with Gasteiger partial charge in [0, 0.05) is 0 Å². The van der Waals surface area contributed by atoms with Crippen LogP contribution in [0.1, 0.15) is 33.4 Å². The fraction of sp³-hybridized carbons (Fsp3) is 0.238. The summed E-state index contributed by atoms with van der Waals surface area (Å²) in [6, 6.07) is 48.5. The molecule has 0 spiro atoms. The fourth-order valence-corrected chi connectivity index (χ4v) is 5.76. The van der Waals surface area contributed by atoms with Crippen molar-refractivity contribution in [3.05, 3.63) is 173 Å². The number of nitrogens with zero attached hydrogens (tertiary/aromatic N) is 2. The summed E-state index contributed by atoms with van der Waals surface area (Å²) in [7, 11) is 0.